The van der Waals surface area contributed by atoms with Crippen LogP contribution >= 0.6 is 11.3 Å². The van der Waals surface area contributed by atoms with E-state index in [2.05, 4.69) is 13.8 Å². The van der Waals surface area contributed by atoms with E-state index in [9.17, 15) is 0 Å². The second-order valence-electron chi connectivity index (χ2n) is 4.33. The van der Waals surface area contributed by atoms with E-state index >= 15 is 0 Å². The fraction of sp³-hybridized carbons (Fsp3) is 0.727. The van der Waals surface area contributed by atoms with Gasteiger partial charge < -0.3 is 5.73 Å². The molecule has 0 saturated carbocycles. The lowest BCUT2D eigenvalue weighted by atomic mass is 10.1. The van der Waals surface area contributed by atoms with Crippen LogP contribution < -0.4 is 5.73 Å². The first-order valence-corrected chi connectivity index (χ1v) is 6.23. The molecule has 1 aliphatic rings. The Labute approximate surface area is 89.5 Å². The van der Waals surface area contributed by atoms with Gasteiger partial charge in [0.1, 0.15) is 0 Å². The molecule has 0 spiro atoms. The fourth-order valence-electron chi connectivity index (χ4n) is 2.05. The maximum Gasteiger partial charge on any atom is 0.0956 e. The van der Waals surface area contributed by atoms with Gasteiger partial charge in [0.05, 0.1) is 10.7 Å². The maximum absolute atomic E-state index is 5.62. The van der Waals surface area contributed by atoms with Gasteiger partial charge in [-0.1, -0.05) is 13.8 Å². The summed E-state index contributed by atoms with van der Waals surface area (Å²) in [4.78, 5) is 6.23. The van der Waals surface area contributed by atoms with Crippen LogP contribution in [0.15, 0.2) is 0 Å². The summed E-state index contributed by atoms with van der Waals surface area (Å²) in [5.74, 6) is 1.28. The Kier molecular flexibility index (Phi) is 2.88. The van der Waals surface area contributed by atoms with E-state index in [1.165, 1.54) is 28.4 Å². The van der Waals surface area contributed by atoms with Gasteiger partial charge in [-0.05, 0) is 31.7 Å². The Morgan fingerprint density at radius 2 is 2.36 bits per heavy atom. The first-order valence-electron chi connectivity index (χ1n) is 5.42. The molecule has 1 unspecified atom stereocenters. The third kappa shape index (κ3) is 1.71. The molecule has 1 atom stereocenters. The Bertz CT molecular complexity index is 317. The van der Waals surface area contributed by atoms with Crippen molar-refractivity contribution in [2.75, 3.05) is 6.54 Å². The molecular formula is C11H18N2S. The Balaban J connectivity index is 2.21. The van der Waals surface area contributed by atoms with Crippen LogP contribution in [0.3, 0.4) is 0 Å². The van der Waals surface area contributed by atoms with Crippen molar-refractivity contribution in [2.24, 2.45) is 5.73 Å². The minimum Gasteiger partial charge on any atom is -0.330 e. The summed E-state index contributed by atoms with van der Waals surface area (Å²) in [6.45, 7) is 5.23. The minimum atomic E-state index is 0.573. The van der Waals surface area contributed by atoms with E-state index in [1.54, 1.807) is 0 Å². The van der Waals surface area contributed by atoms with Crippen LogP contribution in [0.2, 0.25) is 0 Å². The SMILES string of the molecule is CC(C)c1nc2c(s1)C(CCN)CC2. The van der Waals surface area contributed by atoms with E-state index in [0.29, 0.717) is 11.8 Å². The van der Waals surface area contributed by atoms with E-state index in [-0.39, 0.29) is 0 Å². The first kappa shape index (κ1) is 10.1. The Morgan fingerprint density at radius 1 is 1.57 bits per heavy atom. The van der Waals surface area contributed by atoms with Crippen molar-refractivity contribution >= 4 is 11.3 Å². The van der Waals surface area contributed by atoms with Crippen LogP contribution in [0.25, 0.3) is 0 Å². The molecule has 0 fully saturated rings. The molecular weight excluding hydrogens is 192 g/mol. The van der Waals surface area contributed by atoms with E-state index in [1.807, 2.05) is 11.3 Å². The summed E-state index contributed by atoms with van der Waals surface area (Å²) in [6, 6.07) is 0. The quantitative estimate of drug-likeness (QED) is 0.833. The summed E-state index contributed by atoms with van der Waals surface area (Å²) in [7, 11) is 0. The lowest BCUT2D eigenvalue weighted by Crippen LogP contribution is -2.03. The highest BCUT2D eigenvalue weighted by Gasteiger charge is 2.26. The number of aromatic nitrogens is 1. The third-order valence-electron chi connectivity index (χ3n) is 2.85. The highest BCUT2D eigenvalue weighted by molar-refractivity contribution is 7.12. The van der Waals surface area contributed by atoms with Gasteiger partial charge in [0.15, 0.2) is 0 Å². The molecule has 1 aliphatic carbocycles. The zero-order valence-electron chi connectivity index (χ0n) is 8.92. The minimum absolute atomic E-state index is 0.573. The highest BCUT2D eigenvalue weighted by Crippen LogP contribution is 2.40. The summed E-state index contributed by atoms with van der Waals surface area (Å²) in [5.41, 5.74) is 6.97. The lowest BCUT2D eigenvalue weighted by Gasteiger charge is -2.06. The molecule has 0 amide bonds. The molecule has 2 N–H and O–H groups in total. The van der Waals surface area contributed by atoms with Crippen molar-refractivity contribution in [3.05, 3.63) is 15.6 Å². The molecule has 0 saturated heterocycles. The summed E-state index contributed by atoms with van der Waals surface area (Å²) in [5, 5.41) is 1.30. The molecule has 0 aromatic carbocycles. The smallest absolute Gasteiger partial charge is 0.0956 e. The van der Waals surface area contributed by atoms with Gasteiger partial charge in [-0.25, -0.2) is 4.98 Å². The summed E-state index contributed by atoms with van der Waals surface area (Å²) in [6.07, 6.45) is 3.57. The van der Waals surface area contributed by atoms with Crippen molar-refractivity contribution in [3.63, 3.8) is 0 Å². The molecule has 2 rings (SSSR count). The Hall–Kier alpha value is -0.410. The molecule has 0 aliphatic heterocycles. The van der Waals surface area contributed by atoms with Crippen LogP contribution in [0, 0.1) is 0 Å². The van der Waals surface area contributed by atoms with E-state index < -0.39 is 0 Å². The fourth-order valence-corrected chi connectivity index (χ4v) is 3.33. The molecule has 2 nitrogen and oxygen atoms in total. The molecule has 1 heterocycles. The van der Waals surface area contributed by atoms with Gasteiger partial charge in [-0.3, -0.25) is 0 Å². The molecule has 78 valence electrons. The average Bonchev–Trinajstić information content (AvgIpc) is 2.67. The predicted molar refractivity (Wildman–Crippen MR) is 60.9 cm³/mol. The number of nitrogens with zero attached hydrogens (tertiary/aromatic N) is 1. The monoisotopic (exact) mass is 210 g/mol. The standard InChI is InChI=1S/C11H18N2S/c1-7(2)11-13-9-4-3-8(5-6-12)10(9)14-11/h7-8H,3-6,12H2,1-2H3. The molecule has 0 bridgehead atoms. The molecule has 1 aromatic heterocycles. The van der Waals surface area contributed by atoms with Crippen molar-refractivity contribution < 1.29 is 0 Å². The second kappa shape index (κ2) is 3.99. The largest absolute Gasteiger partial charge is 0.330 e. The van der Waals surface area contributed by atoms with E-state index in [4.69, 9.17) is 10.7 Å². The molecule has 3 heteroatoms. The highest BCUT2D eigenvalue weighted by atomic mass is 32.1. The number of thiazole rings is 1. The average molecular weight is 210 g/mol. The van der Waals surface area contributed by atoms with Crippen LogP contribution in [0.4, 0.5) is 0 Å². The van der Waals surface area contributed by atoms with E-state index in [0.717, 1.165) is 13.0 Å². The third-order valence-corrected chi connectivity index (χ3v) is 4.41. The lowest BCUT2D eigenvalue weighted by molar-refractivity contribution is 0.632. The van der Waals surface area contributed by atoms with Gasteiger partial charge in [0, 0.05) is 10.8 Å². The topological polar surface area (TPSA) is 38.9 Å². The van der Waals surface area contributed by atoms with Crippen molar-refractivity contribution in [3.8, 4) is 0 Å². The Morgan fingerprint density at radius 3 is 3.00 bits per heavy atom. The summed E-state index contributed by atoms with van der Waals surface area (Å²) >= 11 is 1.91. The van der Waals surface area contributed by atoms with Crippen LogP contribution in [0.1, 0.15) is 54.1 Å². The number of fused-ring (bicyclic) bond motifs is 1. The predicted octanol–water partition coefficient (Wildman–Crippen LogP) is 2.65. The second-order valence-corrected chi connectivity index (χ2v) is 5.39. The van der Waals surface area contributed by atoms with Gasteiger partial charge >= 0.3 is 0 Å². The number of hydrogen-bond acceptors (Lipinski definition) is 3. The van der Waals surface area contributed by atoms with Gasteiger partial charge in [-0.15, -0.1) is 11.3 Å². The zero-order chi connectivity index (χ0) is 10.1. The maximum atomic E-state index is 5.62. The van der Waals surface area contributed by atoms with Gasteiger partial charge in [-0.2, -0.15) is 0 Å². The molecule has 14 heavy (non-hydrogen) atoms. The number of nitrogens with two attached hydrogens (primary N) is 1. The molecule has 0 radical (unpaired) electrons. The number of hydrogen-bond donors (Lipinski definition) is 1. The van der Waals surface area contributed by atoms with Crippen LogP contribution in [-0.4, -0.2) is 11.5 Å². The molecule has 1 aromatic rings. The van der Waals surface area contributed by atoms with Crippen molar-refractivity contribution in [2.45, 2.75) is 44.9 Å². The zero-order valence-corrected chi connectivity index (χ0v) is 9.73. The number of rotatable bonds is 3. The normalized spacial score (nSPS) is 20.4. The van der Waals surface area contributed by atoms with Gasteiger partial charge in [0.25, 0.3) is 0 Å². The van der Waals surface area contributed by atoms with Gasteiger partial charge in [0.2, 0.25) is 0 Å². The number of aryl methyl sites for hydroxylation is 1. The first-order chi connectivity index (χ1) is 6.72. The van der Waals surface area contributed by atoms with Crippen molar-refractivity contribution in [1.82, 2.24) is 4.98 Å². The van der Waals surface area contributed by atoms with Crippen molar-refractivity contribution in [1.29, 1.82) is 0 Å². The van der Waals surface area contributed by atoms with Crippen LogP contribution in [-0.2, 0) is 6.42 Å². The summed E-state index contributed by atoms with van der Waals surface area (Å²) < 4.78 is 0. The van der Waals surface area contributed by atoms with Crippen LogP contribution in [0.5, 0.6) is 0 Å².